The molecule has 2 heterocycles. The van der Waals surface area contributed by atoms with E-state index in [1.807, 2.05) is 0 Å². The van der Waals surface area contributed by atoms with Crippen LogP contribution in [-0.2, 0) is 12.6 Å². The average molecular weight is 227 g/mol. The fraction of sp³-hybridized carbons (Fsp3) is 0.300. The van der Waals surface area contributed by atoms with Gasteiger partial charge in [0.25, 0.3) is 0 Å². The van der Waals surface area contributed by atoms with E-state index in [0.717, 1.165) is 0 Å². The number of aromatic nitrogens is 2. The van der Waals surface area contributed by atoms with Crippen LogP contribution in [0.15, 0.2) is 29.2 Å². The molecular formula is C10H11ClN2O2. The van der Waals surface area contributed by atoms with Crippen molar-refractivity contribution in [2.24, 2.45) is 7.05 Å². The van der Waals surface area contributed by atoms with Gasteiger partial charge in [0.15, 0.2) is 0 Å². The normalized spacial score (nSPS) is 15.2. The second-order valence-corrected chi connectivity index (χ2v) is 3.96. The van der Waals surface area contributed by atoms with Crippen molar-refractivity contribution in [1.29, 1.82) is 0 Å². The summed E-state index contributed by atoms with van der Waals surface area (Å²) in [7, 11) is 1.73. The van der Waals surface area contributed by atoms with Crippen LogP contribution in [-0.4, -0.2) is 14.9 Å². The van der Waals surface area contributed by atoms with Gasteiger partial charge in [0.05, 0.1) is 29.4 Å². The third-order valence-electron chi connectivity index (χ3n) is 2.44. The number of nitrogens with zero attached hydrogens (tertiary/aromatic N) is 2. The zero-order chi connectivity index (χ0) is 11.1. The molecule has 0 amide bonds. The molecule has 0 aromatic carbocycles. The lowest BCUT2D eigenvalue weighted by molar-refractivity contribution is 0.0923. The van der Waals surface area contributed by atoms with E-state index in [9.17, 15) is 5.11 Å². The van der Waals surface area contributed by atoms with Crippen molar-refractivity contribution in [3.05, 3.63) is 41.1 Å². The van der Waals surface area contributed by atoms with E-state index in [4.69, 9.17) is 16.0 Å². The molecule has 1 unspecified atom stereocenters. The minimum atomic E-state index is -1.20. The Bertz CT molecular complexity index is 440. The highest BCUT2D eigenvalue weighted by atomic mass is 35.5. The van der Waals surface area contributed by atoms with Crippen molar-refractivity contribution in [2.75, 3.05) is 0 Å². The van der Waals surface area contributed by atoms with Gasteiger partial charge in [0.1, 0.15) is 5.60 Å². The number of rotatable bonds is 2. The van der Waals surface area contributed by atoms with Crippen LogP contribution in [0.25, 0.3) is 0 Å². The molecule has 2 aromatic heterocycles. The Labute approximate surface area is 92.1 Å². The SMILES string of the molecule is Cn1ncc(Cl)c1C(C)(O)c1ccoc1. The summed E-state index contributed by atoms with van der Waals surface area (Å²) in [5.74, 6) is 0. The standard InChI is InChI=1S/C10H11ClN2O2/c1-10(14,7-3-4-15-6-7)9-8(11)5-12-13(9)2/h3-6,14H,1-2H3. The van der Waals surface area contributed by atoms with Crippen molar-refractivity contribution in [1.82, 2.24) is 9.78 Å². The van der Waals surface area contributed by atoms with Gasteiger partial charge in [-0.1, -0.05) is 11.6 Å². The first kappa shape index (κ1) is 10.3. The first-order chi connectivity index (χ1) is 7.03. The third-order valence-corrected chi connectivity index (χ3v) is 2.72. The minimum absolute atomic E-state index is 0.434. The number of hydrogen-bond acceptors (Lipinski definition) is 3. The van der Waals surface area contributed by atoms with Crippen LogP contribution < -0.4 is 0 Å². The highest BCUT2D eigenvalue weighted by Gasteiger charge is 2.32. The van der Waals surface area contributed by atoms with Crippen LogP contribution in [0.4, 0.5) is 0 Å². The monoisotopic (exact) mass is 226 g/mol. The van der Waals surface area contributed by atoms with Crippen LogP contribution in [0, 0.1) is 0 Å². The highest BCUT2D eigenvalue weighted by Crippen LogP contribution is 2.33. The van der Waals surface area contributed by atoms with E-state index in [-0.39, 0.29) is 0 Å². The lowest BCUT2D eigenvalue weighted by Gasteiger charge is -2.22. The largest absolute Gasteiger partial charge is 0.472 e. The van der Waals surface area contributed by atoms with E-state index in [1.54, 1.807) is 24.7 Å². The third kappa shape index (κ3) is 1.56. The van der Waals surface area contributed by atoms with Gasteiger partial charge in [-0.3, -0.25) is 4.68 Å². The molecule has 0 saturated heterocycles. The quantitative estimate of drug-likeness (QED) is 0.851. The van der Waals surface area contributed by atoms with E-state index < -0.39 is 5.60 Å². The molecule has 0 aliphatic rings. The molecule has 5 heteroatoms. The number of aliphatic hydroxyl groups is 1. The molecule has 0 bridgehead atoms. The van der Waals surface area contributed by atoms with Crippen molar-refractivity contribution in [2.45, 2.75) is 12.5 Å². The Kier molecular flexibility index (Phi) is 2.32. The summed E-state index contributed by atoms with van der Waals surface area (Å²) in [6, 6.07) is 1.70. The summed E-state index contributed by atoms with van der Waals surface area (Å²) in [5, 5.41) is 14.8. The fourth-order valence-electron chi connectivity index (χ4n) is 1.64. The summed E-state index contributed by atoms with van der Waals surface area (Å²) >= 11 is 5.97. The van der Waals surface area contributed by atoms with Crippen LogP contribution >= 0.6 is 11.6 Å². The minimum Gasteiger partial charge on any atom is -0.472 e. The molecule has 4 nitrogen and oxygen atoms in total. The number of halogens is 1. The molecule has 15 heavy (non-hydrogen) atoms. The number of furan rings is 1. The predicted octanol–water partition coefficient (Wildman–Crippen LogP) is 1.92. The van der Waals surface area contributed by atoms with E-state index in [2.05, 4.69) is 5.10 Å². The Morgan fingerprint density at radius 2 is 2.33 bits per heavy atom. The maximum atomic E-state index is 10.4. The molecule has 1 N–H and O–H groups in total. The summed E-state index contributed by atoms with van der Waals surface area (Å²) in [6.07, 6.45) is 4.50. The van der Waals surface area contributed by atoms with E-state index in [1.165, 1.54) is 18.7 Å². The number of aryl methyl sites for hydroxylation is 1. The zero-order valence-corrected chi connectivity index (χ0v) is 9.19. The van der Waals surface area contributed by atoms with Gasteiger partial charge in [-0.15, -0.1) is 0 Å². The van der Waals surface area contributed by atoms with Gasteiger partial charge >= 0.3 is 0 Å². The topological polar surface area (TPSA) is 51.2 Å². The first-order valence-corrected chi connectivity index (χ1v) is 4.84. The summed E-state index contributed by atoms with van der Waals surface area (Å²) in [6.45, 7) is 1.65. The van der Waals surface area contributed by atoms with Crippen molar-refractivity contribution in [3.8, 4) is 0 Å². The molecule has 1 atom stereocenters. The molecular weight excluding hydrogens is 216 g/mol. The van der Waals surface area contributed by atoms with Gasteiger partial charge < -0.3 is 9.52 Å². The molecule has 2 rings (SSSR count). The van der Waals surface area contributed by atoms with Crippen molar-refractivity contribution < 1.29 is 9.52 Å². The summed E-state index contributed by atoms with van der Waals surface area (Å²) in [4.78, 5) is 0. The van der Waals surface area contributed by atoms with Gasteiger partial charge in [0.2, 0.25) is 0 Å². The van der Waals surface area contributed by atoms with Gasteiger partial charge in [-0.2, -0.15) is 5.10 Å². The van der Waals surface area contributed by atoms with Gasteiger partial charge in [-0.05, 0) is 13.0 Å². The molecule has 0 aliphatic heterocycles. The Hall–Kier alpha value is -1.26. The Morgan fingerprint density at radius 3 is 2.80 bits per heavy atom. The Balaban J connectivity index is 2.55. The van der Waals surface area contributed by atoms with Crippen LogP contribution in [0.2, 0.25) is 5.02 Å². The Morgan fingerprint density at radius 1 is 1.60 bits per heavy atom. The van der Waals surface area contributed by atoms with Gasteiger partial charge in [0, 0.05) is 12.6 Å². The molecule has 0 spiro atoms. The summed E-state index contributed by atoms with van der Waals surface area (Å²) < 4.78 is 6.50. The van der Waals surface area contributed by atoms with Crippen LogP contribution in [0.1, 0.15) is 18.2 Å². The lowest BCUT2D eigenvalue weighted by Crippen LogP contribution is -2.25. The van der Waals surface area contributed by atoms with Crippen molar-refractivity contribution >= 4 is 11.6 Å². The second kappa shape index (κ2) is 3.40. The van der Waals surface area contributed by atoms with Crippen molar-refractivity contribution in [3.63, 3.8) is 0 Å². The molecule has 0 radical (unpaired) electrons. The lowest BCUT2D eigenvalue weighted by atomic mass is 9.95. The van der Waals surface area contributed by atoms with E-state index in [0.29, 0.717) is 16.3 Å². The van der Waals surface area contributed by atoms with E-state index >= 15 is 0 Å². The van der Waals surface area contributed by atoms with Crippen LogP contribution in [0.3, 0.4) is 0 Å². The maximum Gasteiger partial charge on any atom is 0.133 e. The second-order valence-electron chi connectivity index (χ2n) is 3.55. The predicted molar refractivity (Wildman–Crippen MR) is 55.6 cm³/mol. The van der Waals surface area contributed by atoms with Gasteiger partial charge in [-0.25, -0.2) is 0 Å². The zero-order valence-electron chi connectivity index (χ0n) is 8.44. The average Bonchev–Trinajstić information content (AvgIpc) is 2.75. The smallest absolute Gasteiger partial charge is 0.133 e. The van der Waals surface area contributed by atoms with Crippen LogP contribution in [0.5, 0.6) is 0 Å². The molecule has 0 fully saturated rings. The molecule has 80 valence electrons. The first-order valence-electron chi connectivity index (χ1n) is 4.46. The molecule has 0 aliphatic carbocycles. The maximum absolute atomic E-state index is 10.4. The summed E-state index contributed by atoms with van der Waals surface area (Å²) in [5.41, 5.74) is -0.00596. The fourth-order valence-corrected chi connectivity index (χ4v) is 1.99. The molecule has 0 saturated carbocycles. The number of hydrogen-bond donors (Lipinski definition) is 1. The highest BCUT2D eigenvalue weighted by molar-refractivity contribution is 6.31. The molecule has 2 aromatic rings.